The molecule has 10 nitrogen and oxygen atoms in total. The van der Waals surface area contributed by atoms with Gasteiger partial charge >= 0.3 is 5.97 Å². The highest BCUT2D eigenvalue weighted by Gasteiger charge is 2.33. The standard InChI is InChI=1S/C29H37N5O5S/c1-3-17(2)25(28(37)33-24(29(38)39)14-19-15-31-22-12-8-7-11-20(19)22)34-27(36)23(32-26(35)21(30)16-40)13-18-9-5-4-6-10-18/h4-12,15,17,21,23-25,31,40H,3,13-14,16,30H2,1-2H3,(H,32,35)(H,33,37)(H,34,36)(H,38,39). The summed E-state index contributed by atoms with van der Waals surface area (Å²) in [6, 6.07) is 12.4. The quantitative estimate of drug-likeness (QED) is 0.147. The first-order chi connectivity index (χ1) is 19.1. The first-order valence-corrected chi connectivity index (χ1v) is 13.9. The molecule has 2 aromatic carbocycles. The Morgan fingerprint density at radius 3 is 2.20 bits per heavy atom. The van der Waals surface area contributed by atoms with Gasteiger partial charge in [-0.05, 0) is 23.1 Å². The number of para-hydroxylation sites is 1. The average molecular weight is 568 g/mol. The molecular weight excluding hydrogens is 530 g/mol. The van der Waals surface area contributed by atoms with Gasteiger partial charge in [0.05, 0.1) is 6.04 Å². The van der Waals surface area contributed by atoms with Crippen molar-refractivity contribution < 1.29 is 24.3 Å². The van der Waals surface area contributed by atoms with Gasteiger partial charge in [0.1, 0.15) is 18.1 Å². The van der Waals surface area contributed by atoms with Crippen LogP contribution >= 0.6 is 12.6 Å². The molecule has 0 aliphatic heterocycles. The van der Waals surface area contributed by atoms with Crippen LogP contribution in [0.4, 0.5) is 0 Å². The summed E-state index contributed by atoms with van der Waals surface area (Å²) in [5.41, 5.74) is 8.22. The number of nitrogens with one attached hydrogen (secondary N) is 4. The average Bonchev–Trinajstić information content (AvgIpc) is 3.37. The normalized spacial score (nSPS) is 14.9. The van der Waals surface area contributed by atoms with Gasteiger partial charge in [0.2, 0.25) is 17.7 Å². The lowest BCUT2D eigenvalue weighted by molar-refractivity contribution is -0.142. The summed E-state index contributed by atoms with van der Waals surface area (Å²) < 4.78 is 0. The Bertz CT molecular complexity index is 1310. The van der Waals surface area contributed by atoms with Crippen LogP contribution in [-0.2, 0) is 32.0 Å². The van der Waals surface area contributed by atoms with Crippen LogP contribution in [0.5, 0.6) is 0 Å². The summed E-state index contributed by atoms with van der Waals surface area (Å²) in [6.45, 7) is 3.66. The molecule has 0 spiro atoms. The summed E-state index contributed by atoms with van der Waals surface area (Å²) in [5.74, 6) is -3.15. The molecule has 5 unspecified atom stereocenters. The number of H-pyrrole nitrogens is 1. The molecule has 5 atom stereocenters. The second-order valence-corrected chi connectivity index (χ2v) is 10.2. The van der Waals surface area contributed by atoms with E-state index >= 15 is 0 Å². The molecule has 214 valence electrons. The number of carbonyl (C=O) groups is 4. The Morgan fingerprint density at radius 2 is 1.55 bits per heavy atom. The molecule has 3 amide bonds. The maximum absolute atomic E-state index is 13.5. The van der Waals surface area contributed by atoms with Crippen LogP contribution in [0.1, 0.15) is 31.4 Å². The number of carbonyl (C=O) groups excluding carboxylic acids is 3. The predicted octanol–water partition coefficient (Wildman–Crippen LogP) is 1.80. The van der Waals surface area contributed by atoms with E-state index in [1.54, 1.807) is 13.1 Å². The number of aromatic nitrogens is 1. The number of benzene rings is 2. The van der Waals surface area contributed by atoms with Gasteiger partial charge in [-0.2, -0.15) is 12.6 Å². The number of rotatable bonds is 14. The molecule has 3 aromatic rings. The lowest BCUT2D eigenvalue weighted by atomic mass is 9.96. The number of hydrogen-bond donors (Lipinski definition) is 7. The molecule has 0 saturated carbocycles. The van der Waals surface area contributed by atoms with E-state index in [-0.39, 0.29) is 24.5 Å². The van der Waals surface area contributed by atoms with Gasteiger partial charge in [-0.15, -0.1) is 0 Å². The third-order valence-electron chi connectivity index (χ3n) is 6.96. The fourth-order valence-corrected chi connectivity index (χ4v) is 4.52. The molecule has 0 radical (unpaired) electrons. The Morgan fingerprint density at radius 1 is 0.900 bits per heavy atom. The SMILES string of the molecule is CCC(C)C(NC(=O)C(Cc1ccccc1)NC(=O)C(N)CS)C(=O)NC(Cc1c[nH]c2ccccc12)C(=O)O. The van der Waals surface area contributed by atoms with Crippen molar-refractivity contribution >= 4 is 47.2 Å². The van der Waals surface area contributed by atoms with Gasteiger partial charge < -0.3 is 31.8 Å². The zero-order valence-corrected chi connectivity index (χ0v) is 23.5. The van der Waals surface area contributed by atoms with Gasteiger partial charge in [0.25, 0.3) is 0 Å². The monoisotopic (exact) mass is 567 g/mol. The van der Waals surface area contributed by atoms with Crippen molar-refractivity contribution in [1.82, 2.24) is 20.9 Å². The molecule has 0 saturated heterocycles. The number of fused-ring (bicyclic) bond motifs is 1. The topological polar surface area (TPSA) is 166 Å². The number of aromatic amines is 1. The summed E-state index contributed by atoms with van der Waals surface area (Å²) in [4.78, 5) is 54.7. The minimum absolute atomic E-state index is 0.0561. The third-order valence-corrected chi connectivity index (χ3v) is 7.35. The number of aliphatic carboxylic acids is 1. The highest BCUT2D eigenvalue weighted by atomic mass is 32.1. The van der Waals surface area contributed by atoms with Gasteiger partial charge in [0.15, 0.2) is 0 Å². The van der Waals surface area contributed by atoms with E-state index in [0.717, 1.165) is 22.0 Å². The van der Waals surface area contributed by atoms with Crippen molar-refractivity contribution in [2.24, 2.45) is 11.7 Å². The number of thiol groups is 1. The van der Waals surface area contributed by atoms with Gasteiger partial charge in [0, 0.05) is 35.7 Å². The molecular formula is C29H37N5O5S. The van der Waals surface area contributed by atoms with Gasteiger partial charge in [-0.25, -0.2) is 4.79 Å². The molecule has 0 bridgehead atoms. The molecule has 11 heteroatoms. The molecule has 1 aromatic heterocycles. The van der Waals surface area contributed by atoms with Crippen molar-refractivity contribution in [2.75, 3.05) is 5.75 Å². The van der Waals surface area contributed by atoms with E-state index in [9.17, 15) is 24.3 Å². The number of carboxylic acids is 1. The van der Waals surface area contributed by atoms with Crippen LogP contribution in [0.15, 0.2) is 60.8 Å². The first-order valence-electron chi connectivity index (χ1n) is 13.2. The van der Waals surface area contributed by atoms with Crippen LogP contribution in [-0.4, -0.2) is 63.7 Å². The zero-order valence-electron chi connectivity index (χ0n) is 22.6. The van der Waals surface area contributed by atoms with Crippen LogP contribution in [0.25, 0.3) is 10.9 Å². The van der Waals surface area contributed by atoms with Crippen molar-refractivity contribution in [3.05, 3.63) is 71.9 Å². The Balaban J connectivity index is 1.79. The van der Waals surface area contributed by atoms with E-state index in [0.29, 0.717) is 6.42 Å². The second-order valence-electron chi connectivity index (χ2n) is 9.87. The number of carboxylic acid groups (broad SMARTS) is 1. The first kappa shape index (κ1) is 30.7. The predicted molar refractivity (Wildman–Crippen MR) is 157 cm³/mol. The smallest absolute Gasteiger partial charge is 0.326 e. The van der Waals surface area contributed by atoms with E-state index in [4.69, 9.17) is 5.73 Å². The van der Waals surface area contributed by atoms with Crippen LogP contribution in [0, 0.1) is 5.92 Å². The zero-order chi connectivity index (χ0) is 29.2. The van der Waals surface area contributed by atoms with Gasteiger partial charge in [-0.3, -0.25) is 14.4 Å². The van der Waals surface area contributed by atoms with Crippen molar-refractivity contribution in [3.8, 4) is 0 Å². The molecule has 1 heterocycles. The molecule has 0 aliphatic carbocycles. The van der Waals surface area contributed by atoms with Crippen molar-refractivity contribution in [1.29, 1.82) is 0 Å². The van der Waals surface area contributed by atoms with Gasteiger partial charge in [-0.1, -0.05) is 68.8 Å². The maximum Gasteiger partial charge on any atom is 0.326 e. The second kappa shape index (κ2) is 14.5. The third kappa shape index (κ3) is 8.09. The van der Waals surface area contributed by atoms with Crippen LogP contribution in [0.3, 0.4) is 0 Å². The Hall–Kier alpha value is -3.83. The van der Waals surface area contributed by atoms with E-state index in [1.807, 2.05) is 61.5 Å². The highest BCUT2D eigenvalue weighted by Crippen LogP contribution is 2.19. The molecule has 3 rings (SSSR count). The van der Waals surface area contributed by atoms with Crippen LogP contribution in [0.2, 0.25) is 0 Å². The molecule has 40 heavy (non-hydrogen) atoms. The lowest BCUT2D eigenvalue weighted by Crippen LogP contribution is -2.59. The van der Waals surface area contributed by atoms with Crippen molar-refractivity contribution in [3.63, 3.8) is 0 Å². The van der Waals surface area contributed by atoms with Crippen LogP contribution < -0.4 is 21.7 Å². The number of nitrogens with two attached hydrogens (primary N) is 1. The number of amides is 3. The minimum atomic E-state index is -1.22. The molecule has 0 fully saturated rings. The molecule has 7 N–H and O–H groups in total. The Kier molecular flexibility index (Phi) is 11.2. The van der Waals surface area contributed by atoms with Crippen molar-refractivity contribution in [2.45, 2.75) is 57.3 Å². The maximum atomic E-state index is 13.5. The minimum Gasteiger partial charge on any atom is -0.480 e. The number of hydrogen-bond acceptors (Lipinski definition) is 6. The lowest BCUT2D eigenvalue weighted by Gasteiger charge is -2.28. The fraction of sp³-hybridized carbons (Fsp3) is 0.379. The fourth-order valence-electron chi connectivity index (χ4n) is 4.36. The largest absolute Gasteiger partial charge is 0.480 e. The Labute approximate surface area is 238 Å². The summed E-state index contributed by atoms with van der Waals surface area (Å²) in [7, 11) is 0. The van der Waals surface area contributed by atoms with E-state index < -0.39 is 47.9 Å². The highest BCUT2D eigenvalue weighted by molar-refractivity contribution is 7.80. The van der Waals surface area contributed by atoms with E-state index in [2.05, 4.69) is 33.6 Å². The summed E-state index contributed by atoms with van der Waals surface area (Å²) in [6.07, 6.45) is 2.50. The van der Waals surface area contributed by atoms with E-state index in [1.165, 1.54) is 0 Å². The summed E-state index contributed by atoms with van der Waals surface area (Å²) >= 11 is 4.06. The molecule has 0 aliphatic rings. The summed E-state index contributed by atoms with van der Waals surface area (Å²) in [5, 5.41) is 18.8.